The van der Waals surface area contributed by atoms with Crippen LogP contribution in [0.1, 0.15) is 30.2 Å². The summed E-state index contributed by atoms with van der Waals surface area (Å²) in [5, 5.41) is 17.4. The molecule has 0 aromatic carbocycles. The number of hydrogen-bond acceptors (Lipinski definition) is 6. The van der Waals surface area contributed by atoms with Crippen molar-refractivity contribution in [3.63, 3.8) is 0 Å². The molecule has 120 valence electrons. The van der Waals surface area contributed by atoms with E-state index in [1.165, 1.54) is 11.3 Å². The molecule has 1 fully saturated rings. The number of anilines is 2. The molecule has 0 atom stereocenters. The first-order valence-electron chi connectivity index (χ1n) is 7.29. The number of aromatic nitrogens is 3. The number of rotatable bonds is 6. The molecule has 2 aromatic rings. The topological polar surface area (TPSA) is 109 Å². The van der Waals surface area contributed by atoms with Crippen LogP contribution in [-0.2, 0) is 4.79 Å². The molecule has 2 heterocycles. The average Bonchev–Trinajstić information content (AvgIpc) is 3.29. The molecule has 0 saturated heterocycles. The van der Waals surface area contributed by atoms with Crippen molar-refractivity contribution in [2.75, 3.05) is 17.2 Å². The third-order valence-electron chi connectivity index (χ3n) is 3.19. The maximum atomic E-state index is 11.7. The van der Waals surface area contributed by atoms with E-state index in [0.29, 0.717) is 16.7 Å². The Morgan fingerprint density at radius 3 is 2.70 bits per heavy atom. The lowest BCUT2D eigenvalue weighted by Crippen LogP contribution is -2.31. The van der Waals surface area contributed by atoms with Gasteiger partial charge in [0.05, 0.1) is 0 Å². The standard InChI is InChI=1S/C14H16N6O2S/c21-11(17-10-3-6-15-7-4-10)5-8-16-13(22)18-14-20-19-12(23-14)9-1-2-9/h3-4,6-7,9H,1-2,5,8H2,(H,15,17,21)(H2,16,18,20,22). The zero-order chi connectivity index (χ0) is 16.1. The summed E-state index contributed by atoms with van der Waals surface area (Å²) in [6.07, 6.45) is 5.67. The Labute approximate surface area is 136 Å². The lowest BCUT2D eigenvalue weighted by Gasteiger charge is -2.06. The molecule has 1 saturated carbocycles. The highest BCUT2D eigenvalue weighted by Gasteiger charge is 2.27. The van der Waals surface area contributed by atoms with Crippen LogP contribution in [-0.4, -0.2) is 33.7 Å². The monoisotopic (exact) mass is 332 g/mol. The fourth-order valence-electron chi connectivity index (χ4n) is 1.87. The molecule has 0 aliphatic heterocycles. The fourth-order valence-corrected chi connectivity index (χ4v) is 2.78. The van der Waals surface area contributed by atoms with Crippen molar-refractivity contribution in [3.8, 4) is 0 Å². The van der Waals surface area contributed by atoms with Crippen molar-refractivity contribution in [1.82, 2.24) is 20.5 Å². The lowest BCUT2D eigenvalue weighted by atomic mass is 10.3. The molecule has 8 nitrogen and oxygen atoms in total. The van der Waals surface area contributed by atoms with Crippen LogP contribution in [0.25, 0.3) is 0 Å². The maximum Gasteiger partial charge on any atom is 0.321 e. The van der Waals surface area contributed by atoms with E-state index in [1.54, 1.807) is 24.5 Å². The molecule has 1 aliphatic carbocycles. The van der Waals surface area contributed by atoms with Gasteiger partial charge >= 0.3 is 6.03 Å². The maximum absolute atomic E-state index is 11.7. The third-order valence-corrected chi connectivity index (χ3v) is 4.19. The molecule has 0 unspecified atom stereocenters. The number of nitrogens with zero attached hydrogens (tertiary/aromatic N) is 3. The van der Waals surface area contributed by atoms with Gasteiger partial charge in [0.15, 0.2) is 0 Å². The van der Waals surface area contributed by atoms with Crippen molar-refractivity contribution in [2.45, 2.75) is 25.2 Å². The molecule has 23 heavy (non-hydrogen) atoms. The summed E-state index contributed by atoms with van der Waals surface area (Å²) in [7, 11) is 0. The van der Waals surface area contributed by atoms with Crippen molar-refractivity contribution < 1.29 is 9.59 Å². The highest BCUT2D eigenvalue weighted by molar-refractivity contribution is 7.15. The minimum absolute atomic E-state index is 0.177. The van der Waals surface area contributed by atoms with Crippen molar-refractivity contribution in [2.24, 2.45) is 0 Å². The summed E-state index contributed by atoms with van der Waals surface area (Å²) in [6.45, 7) is 0.233. The van der Waals surface area contributed by atoms with Crippen LogP contribution in [0, 0.1) is 0 Å². The molecule has 3 rings (SSSR count). The number of nitrogens with one attached hydrogen (secondary N) is 3. The van der Waals surface area contributed by atoms with E-state index < -0.39 is 0 Å². The van der Waals surface area contributed by atoms with Gasteiger partial charge in [0.25, 0.3) is 0 Å². The molecule has 0 radical (unpaired) electrons. The Morgan fingerprint density at radius 1 is 1.17 bits per heavy atom. The van der Waals surface area contributed by atoms with Gasteiger partial charge in [0, 0.05) is 37.0 Å². The molecular formula is C14H16N6O2S. The molecule has 0 bridgehead atoms. The highest BCUT2D eigenvalue weighted by Crippen LogP contribution is 2.41. The van der Waals surface area contributed by atoms with Crippen LogP contribution in [0.3, 0.4) is 0 Å². The first kappa shape index (κ1) is 15.3. The molecule has 3 N–H and O–H groups in total. The summed E-state index contributed by atoms with van der Waals surface area (Å²) < 4.78 is 0. The number of hydrogen-bond donors (Lipinski definition) is 3. The Morgan fingerprint density at radius 2 is 1.96 bits per heavy atom. The van der Waals surface area contributed by atoms with Crippen LogP contribution in [0.5, 0.6) is 0 Å². The van der Waals surface area contributed by atoms with Gasteiger partial charge in [-0.1, -0.05) is 11.3 Å². The molecule has 1 aliphatic rings. The summed E-state index contributed by atoms with van der Waals surface area (Å²) in [5.41, 5.74) is 0.677. The largest absolute Gasteiger partial charge is 0.337 e. The summed E-state index contributed by atoms with van der Waals surface area (Å²) >= 11 is 1.39. The van der Waals surface area contributed by atoms with Gasteiger partial charge in [-0.2, -0.15) is 0 Å². The third kappa shape index (κ3) is 4.71. The van der Waals surface area contributed by atoms with E-state index >= 15 is 0 Å². The molecular weight excluding hydrogens is 316 g/mol. The summed E-state index contributed by atoms with van der Waals surface area (Å²) in [4.78, 5) is 27.3. The lowest BCUT2D eigenvalue weighted by molar-refractivity contribution is -0.116. The predicted octanol–water partition coefficient (Wildman–Crippen LogP) is 1.96. The van der Waals surface area contributed by atoms with E-state index in [4.69, 9.17) is 0 Å². The molecule has 0 spiro atoms. The minimum Gasteiger partial charge on any atom is -0.337 e. The molecule has 2 aromatic heterocycles. The van der Waals surface area contributed by atoms with E-state index in [2.05, 4.69) is 31.1 Å². The van der Waals surface area contributed by atoms with E-state index in [9.17, 15) is 9.59 Å². The van der Waals surface area contributed by atoms with Crippen LogP contribution in [0.15, 0.2) is 24.5 Å². The second kappa shape index (κ2) is 7.14. The number of carbonyl (C=O) groups excluding carboxylic acids is 2. The minimum atomic E-state index is -0.389. The fraction of sp³-hybridized carbons (Fsp3) is 0.357. The Hall–Kier alpha value is -2.55. The number of pyridine rings is 1. The Bertz CT molecular complexity index is 686. The van der Waals surface area contributed by atoms with Crippen molar-refractivity contribution in [3.05, 3.63) is 29.5 Å². The molecule has 3 amide bonds. The summed E-state index contributed by atoms with van der Waals surface area (Å²) in [6, 6.07) is 3.01. The Balaban J connectivity index is 1.36. The average molecular weight is 332 g/mol. The van der Waals surface area contributed by atoms with E-state index in [-0.39, 0.29) is 24.9 Å². The molecule has 9 heteroatoms. The van der Waals surface area contributed by atoms with E-state index in [0.717, 1.165) is 17.8 Å². The van der Waals surface area contributed by atoms with Gasteiger partial charge in [0.2, 0.25) is 11.0 Å². The second-order valence-corrected chi connectivity index (χ2v) is 6.14. The zero-order valence-corrected chi connectivity index (χ0v) is 13.1. The first-order chi connectivity index (χ1) is 11.2. The highest BCUT2D eigenvalue weighted by atomic mass is 32.1. The van der Waals surface area contributed by atoms with Crippen LogP contribution < -0.4 is 16.0 Å². The number of urea groups is 1. The number of carbonyl (C=O) groups is 2. The smallest absolute Gasteiger partial charge is 0.321 e. The van der Waals surface area contributed by atoms with Crippen molar-refractivity contribution in [1.29, 1.82) is 0 Å². The van der Waals surface area contributed by atoms with Gasteiger partial charge in [-0.25, -0.2) is 4.79 Å². The van der Waals surface area contributed by atoms with Gasteiger partial charge < -0.3 is 10.6 Å². The second-order valence-electron chi connectivity index (χ2n) is 5.13. The van der Waals surface area contributed by atoms with Gasteiger partial charge in [-0.15, -0.1) is 10.2 Å². The van der Waals surface area contributed by atoms with E-state index in [1.807, 2.05) is 0 Å². The van der Waals surface area contributed by atoms with Gasteiger partial charge in [0.1, 0.15) is 5.01 Å². The quantitative estimate of drug-likeness (QED) is 0.749. The predicted molar refractivity (Wildman–Crippen MR) is 86.4 cm³/mol. The van der Waals surface area contributed by atoms with Gasteiger partial charge in [-0.3, -0.25) is 15.1 Å². The first-order valence-corrected chi connectivity index (χ1v) is 8.10. The van der Waals surface area contributed by atoms with Crippen LogP contribution in [0.2, 0.25) is 0 Å². The number of amides is 3. The van der Waals surface area contributed by atoms with Crippen LogP contribution >= 0.6 is 11.3 Å². The summed E-state index contributed by atoms with van der Waals surface area (Å²) in [5.74, 6) is 0.339. The normalized spacial score (nSPS) is 13.4. The van der Waals surface area contributed by atoms with Gasteiger partial charge in [-0.05, 0) is 25.0 Å². The van der Waals surface area contributed by atoms with Crippen molar-refractivity contribution >= 4 is 34.1 Å². The SMILES string of the molecule is O=C(CCNC(=O)Nc1nnc(C2CC2)s1)Nc1ccncc1. The van der Waals surface area contributed by atoms with Crippen LogP contribution in [0.4, 0.5) is 15.6 Å². The zero-order valence-electron chi connectivity index (χ0n) is 12.3. The Kier molecular flexibility index (Phi) is 4.77.